The van der Waals surface area contributed by atoms with Gasteiger partial charge in [0.1, 0.15) is 11.3 Å². The molecule has 1 saturated heterocycles. The normalized spacial score (nSPS) is 16.6. The molecule has 0 unspecified atom stereocenters. The van der Waals surface area contributed by atoms with E-state index in [9.17, 15) is 9.59 Å². The Kier molecular flexibility index (Phi) is 6.63. The third-order valence-electron chi connectivity index (χ3n) is 6.01. The third-order valence-corrected chi connectivity index (χ3v) is 6.01. The Morgan fingerprint density at radius 2 is 2.00 bits per heavy atom. The van der Waals surface area contributed by atoms with Crippen LogP contribution in [0.25, 0.3) is 5.57 Å². The second-order valence-corrected chi connectivity index (χ2v) is 8.17. The number of pyridine rings is 2. The maximum Gasteiger partial charge on any atom is 0.255 e. The molecule has 1 amide bonds. The van der Waals surface area contributed by atoms with Crippen LogP contribution in [-0.4, -0.2) is 52.9 Å². The molecule has 4 heterocycles. The van der Waals surface area contributed by atoms with Gasteiger partial charge in [-0.2, -0.15) is 0 Å². The predicted octanol–water partition coefficient (Wildman–Crippen LogP) is 3.58. The van der Waals surface area contributed by atoms with Crippen molar-refractivity contribution in [2.24, 2.45) is 4.99 Å². The first kappa shape index (κ1) is 21.7. The summed E-state index contributed by atoms with van der Waals surface area (Å²) >= 11 is 0. The maximum absolute atomic E-state index is 13.0. The zero-order chi connectivity index (χ0) is 22.5. The molecule has 0 saturated carbocycles. The van der Waals surface area contributed by atoms with Crippen LogP contribution in [0.3, 0.4) is 0 Å². The Morgan fingerprint density at radius 3 is 2.75 bits per heavy atom. The highest BCUT2D eigenvalue weighted by atomic mass is 16.2. The number of aromatic nitrogens is 2. The van der Waals surface area contributed by atoms with Gasteiger partial charge in [-0.1, -0.05) is 12.7 Å². The van der Waals surface area contributed by atoms with Crippen molar-refractivity contribution in [2.75, 3.05) is 31.1 Å². The van der Waals surface area contributed by atoms with E-state index in [-0.39, 0.29) is 5.91 Å². The van der Waals surface area contributed by atoms with Crippen molar-refractivity contribution in [1.82, 2.24) is 14.5 Å². The molecule has 0 aromatic carbocycles. The summed E-state index contributed by atoms with van der Waals surface area (Å²) in [5, 5.41) is 0. The Bertz CT molecular complexity index is 1110. The average Bonchev–Trinajstić information content (AvgIpc) is 2.84. The molecule has 0 bridgehead atoms. The lowest BCUT2D eigenvalue weighted by Crippen LogP contribution is -2.36. The van der Waals surface area contributed by atoms with E-state index in [0.717, 1.165) is 74.4 Å². The lowest BCUT2D eigenvalue weighted by Gasteiger charge is -2.32. The lowest BCUT2D eigenvalue weighted by atomic mass is 9.98. The van der Waals surface area contributed by atoms with Crippen LogP contribution in [0.5, 0.6) is 0 Å². The zero-order valence-corrected chi connectivity index (χ0v) is 18.4. The monoisotopic (exact) mass is 431 g/mol. The highest BCUT2D eigenvalue weighted by Crippen LogP contribution is 2.36. The topological polar surface area (TPSA) is 70.8 Å². The molecule has 1 fully saturated rings. The van der Waals surface area contributed by atoms with Gasteiger partial charge < -0.3 is 9.80 Å². The first-order valence-corrected chi connectivity index (χ1v) is 11.2. The number of carbonyl (C=O) groups excluding carboxylic acids is 2. The molecule has 166 valence electrons. The molecule has 2 aliphatic heterocycles. The van der Waals surface area contributed by atoms with Gasteiger partial charge in [-0.05, 0) is 49.8 Å². The molecule has 0 N–H and O–H groups in total. The minimum Gasteiger partial charge on any atom is -0.339 e. The van der Waals surface area contributed by atoms with Gasteiger partial charge in [-0.25, -0.2) is 4.98 Å². The number of hydrogen-bond donors (Lipinski definition) is 0. The van der Waals surface area contributed by atoms with Crippen LogP contribution in [0, 0.1) is 0 Å². The molecule has 32 heavy (non-hydrogen) atoms. The van der Waals surface area contributed by atoms with E-state index in [1.165, 1.54) is 11.0 Å². The number of hydrogen-bond acceptors (Lipinski definition) is 5. The summed E-state index contributed by atoms with van der Waals surface area (Å²) in [6.07, 6.45) is 10.7. The largest absolute Gasteiger partial charge is 0.339 e. The van der Waals surface area contributed by atoms with Gasteiger partial charge in [-0.3, -0.25) is 19.1 Å². The van der Waals surface area contributed by atoms with Crippen molar-refractivity contribution in [3.05, 3.63) is 66.4 Å². The Balaban J connectivity index is 1.68. The van der Waals surface area contributed by atoms with Crippen LogP contribution >= 0.6 is 0 Å². The van der Waals surface area contributed by atoms with Crippen LogP contribution in [0.15, 0.2) is 54.8 Å². The van der Waals surface area contributed by atoms with E-state index >= 15 is 0 Å². The van der Waals surface area contributed by atoms with Gasteiger partial charge in [0.15, 0.2) is 0 Å². The second kappa shape index (κ2) is 9.77. The minimum atomic E-state index is 0.0416. The van der Waals surface area contributed by atoms with Crippen LogP contribution in [-0.2, 0) is 4.79 Å². The first-order chi connectivity index (χ1) is 15.6. The number of carbonyl (C=O) groups is 2. The summed E-state index contributed by atoms with van der Waals surface area (Å²) in [6, 6.07) is 5.70. The van der Waals surface area contributed by atoms with Crippen LogP contribution < -0.4 is 10.4 Å². The maximum atomic E-state index is 13.0. The zero-order valence-electron chi connectivity index (χ0n) is 18.4. The average molecular weight is 432 g/mol. The quantitative estimate of drug-likeness (QED) is 0.398. The summed E-state index contributed by atoms with van der Waals surface area (Å²) in [5.41, 5.74) is 3.97. The Labute approximate surface area is 188 Å². The molecule has 4 rings (SSSR count). The fourth-order valence-corrected chi connectivity index (χ4v) is 4.21. The van der Waals surface area contributed by atoms with Gasteiger partial charge >= 0.3 is 0 Å². The molecule has 0 spiro atoms. The van der Waals surface area contributed by atoms with Crippen LogP contribution in [0.1, 0.15) is 48.0 Å². The van der Waals surface area contributed by atoms with E-state index in [4.69, 9.17) is 0 Å². The molecule has 0 atom stereocenters. The summed E-state index contributed by atoms with van der Waals surface area (Å²) < 4.78 is 1.46. The highest BCUT2D eigenvalue weighted by molar-refractivity contribution is 5.96. The standard InChI is InChI=1S/C25H29N5O2/c1-3-4-10-26-23-16-21(9-13-29(23)18-31)30-14-8-19(2)22-15-20(17-27-24(22)30)25(32)28-11-6-5-7-12-28/h3,9,13,15-18H,1-2,4-8,10-12,14H2. The molecule has 7 nitrogen and oxygen atoms in total. The summed E-state index contributed by atoms with van der Waals surface area (Å²) in [4.78, 5) is 37.6. The van der Waals surface area contributed by atoms with E-state index in [1.54, 1.807) is 18.5 Å². The predicted molar refractivity (Wildman–Crippen MR) is 126 cm³/mol. The van der Waals surface area contributed by atoms with Crippen molar-refractivity contribution >= 4 is 29.4 Å². The first-order valence-electron chi connectivity index (χ1n) is 11.2. The minimum absolute atomic E-state index is 0.0416. The molecule has 2 aromatic rings. The van der Waals surface area contributed by atoms with Crippen molar-refractivity contribution in [3.63, 3.8) is 0 Å². The number of rotatable bonds is 6. The van der Waals surface area contributed by atoms with Gasteiger partial charge in [-0.15, -0.1) is 6.58 Å². The summed E-state index contributed by atoms with van der Waals surface area (Å²) in [7, 11) is 0. The SMILES string of the molecule is C=CCCN=c1cc(N2CCC(=C)c3cc(C(=O)N4CCCCC4)cnc32)ccn1C=O. The number of nitrogens with zero attached hydrogens (tertiary/aromatic N) is 5. The number of likely N-dealkylation sites (tertiary alicyclic amines) is 1. The van der Waals surface area contributed by atoms with Gasteiger partial charge in [0.2, 0.25) is 6.41 Å². The molecule has 7 heteroatoms. The third kappa shape index (κ3) is 4.42. The smallest absolute Gasteiger partial charge is 0.255 e. The fourth-order valence-electron chi connectivity index (χ4n) is 4.21. The molecule has 0 radical (unpaired) electrons. The summed E-state index contributed by atoms with van der Waals surface area (Å²) in [6.45, 7) is 10.8. The fraction of sp³-hybridized carbons (Fsp3) is 0.360. The Hall–Kier alpha value is -3.48. The number of fused-ring (bicyclic) bond motifs is 1. The highest BCUT2D eigenvalue weighted by Gasteiger charge is 2.25. The molecular formula is C25H29N5O2. The van der Waals surface area contributed by atoms with Gasteiger partial charge in [0.05, 0.1) is 5.56 Å². The number of anilines is 2. The molecule has 2 aromatic heterocycles. The lowest BCUT2D eigenvalue weighted by molar-refractivity contribution is 0.0724. The van der Waals surface area contributed by atoms with Crippen LogP contribution in [0.2, 0.25) is 0 Å². The van der Waals surface area contributed by atoms with Crippen LogP contribution in [0.4, 0.5) is 11.5 Å². The van der Waals surface area contributed by atoms with E-state index < -0.39 is 0 Å². The Morgan fingerprint density at radius 1 is 1.19 bits per heavy atom. The van der Waals surface area contributed by atoms with Gasteiger partial charge in [0, 0.05) is 55.9 Å². The number of piperidine rings is 1. The van der Waals surface area contributed by atoms with Crippen molar-refractivity contribution in [2.45, 2.75) is 32.1 Å². The van der Waals surface area contributed by atoms with Crippen molar-refractivity contribution in [3.8, 4) is 0 Å². The van der Waals surface area contributed by atoms with Gasteiger partial charge in [0.25, 0.3) is 5.91 Å². The number of amides is 1. The van der Waals surface area contributed by atoms with Crippen molar-refractivity contribution in [1.29, 1.82) is 0 Å². The molecule has 0 aliphatic carbocycles. The second-order valence-electron chi connectivity index (χ2n) is 8.17. The molecular weight excluding hydrogens is 402 g/mol. The molecule has 2 aliphatic rings. The summed E-state index contributed by atoms with van der Waals surface area (Å²) in [5.74, 6) is 0.817. The van der Waals surface area contributed by atoms with Crippen molar-refractivity contribution < 1.29 is 9.59 Å². The van der Waals surface area contributed by atoms with E-state index in [2.05, 4.69) is 28.0 Å². The van der Waals surface area contributed by atoms with E-state index in [0.29, 0.717) is 17.6 Å². The van der Waals surface area contributed by atoms with E-state index in [1.807, 2.05) is 23.1 Å².